The Morgan fingerprint density at radius 2 is 1.68 bits per heavy atom. The molecule has 1 saturated heterocycles. The summed E-state index contributed by atoms with van der Waals surface area (Å²) in [5, 5.41) is 5.43. The van der Waals surface area contributed by atoms with Gasteiger partial charge in [0.25, 0.3) is 0 Å². The van der Waals surface area contributed by atoms with Gasteiger partial charge >= 0.3 is 11.8 Å². The molecule has 0 bridgehead atoms. The first-order valence-electron chi connectivity index (χ1n) is 9.58. The number of benzene rings is 2. The van der Waals surface area contributed by atoms with Crippen molar-refractivity contribution >= 4 is 17.5 Å². The van der Waals surface area contributed by atoms with E-state index in [1.807, 2.05) is 25.1 Å². The Hall–Kier alpha value is -2.86. The summed E-state index contributed by atoms with van der Waals surface area (Å²) in [5.74, 6) is -0.607. The fourth-order valence-corrected chi connectivity index (χ4v) is 3.44. The molecule has 2 aromatic rings. The predicted octanol–water partition coefficient (Wildman–Crippen LogP) is 2.89. The first-order valence-corrected chi connectivity index (χ1v) is 9.58. The number of ether oxygens (including phenoxy) is 2. The molecule has 0 saturated carbocycles. The summed E-state index contributed by atoms with van der Waals surface area (Å²) in [6.07, 6.45) is 1.61. The first kappa shape index (κ1) is 19.9. The molecule has 1 heterocycles. The second-order valence-electron chi connectivity index (χ2n) is 6.85. The Morgan fingerprint density at radius 1 is 1.00 bits per heavy atom. The zero-order valence-electron chi connectivity index (χ0n) is 16.1. The highest BCUT2D eigenvalue weighted by molar-refractivity contribution is 6.39. The average Bonchev–Trinajstić information content (AvgIpc) is 2.75. The van der Waals surface area contributed by atoms with Crippen LogP contribution in [-0.2, 0) is 19.7 Å². The number of hydrogen-bond acceptors (Lipinski definition) is 4. The molecule has 0 unspecified atom stereocenters. The van der Waals surface area contributed by atoms with Crippen LogP contribution < -0.4 is 15.4 Å². The Labute approximate surface area is 165 Å². The molecule has 2 aromatic carbocycles. The Bertz CT molecular complexity index is 784. The van der Waals surface area contributed by atoms with Gasteiger partial charge in [-0.3, -0.25) is 9.59 Å². The first-order chi connectivity index (χ1) is 13.6. The van der Waals surface area contributed by atoms with Crippen LogP contribution in [0.15, 0.2) is 54.6 Å². The van der Waals surface area contributed by atoms with Crippen LogP contribution in [0.25, 0.3) is 0 Å². The smallest absolute Gasteiger partial charge is 0.313 e. The molecule has 0 aliphatic carbocycles. The molecule has 0 spiro atoms. The lowest BCUT2D eigenvalue weighted by Crippen LogP contribution is -2.47. The highest BCUT2D eigenvalue weighted by atomic mass is 16.5. The van der Waals surface area contributed by atoms with Crippen molar-refractivity contribution in [3.63, 3.8) is 0 Å². The number of carbonyl (C=O) groups excluding carboxylic acids is 2. The maximum absolute atomic E-state index is 12.4. The standard InChI is InChI=1S/C22H26N2O4/c1-2-28-19-10-8-18(9-11-19)24-21(26)20(25)23-16-22(12-14-27-15-13-22)17-6-4-3-5-7-17/h3-11H,2,12-16H2,1H3,(H,23,25)(H,24,26). The van der Waals surface area contributed by atoms with Gasteiger partial charge in [0.15, 0.2) is 0 Å². The summed E-state index contributed by atoms with van der Waals surface area (Å²) in [4.78, 5) is 24.6. The zero-order chi connectivity index (χ0) is 19.8. The van der Waals surface area contributed by atoms with Crippen LogP contribution in [0.4, 0.5) is 5.69 Å². The van der Waals surface area contributed by atoms with Crippen molar-refractivity contribution in [1.29, 1.82) is 0 Å². The SMILES string of the molecule is CCOc1ccc(NC(=O)C(=O)NCC2(c3ccccc3)CCOCC2)cc1. The third-order valence-corrected chi connectivity index (χ3v) is 5.05. The van der Waals surface area contributed by atoms with Crippen molar-refractivity contribution in [3.8, 4) is 5.75 Å². The number of hydrogen-bond donors (Lipinski definition) is 2. The lowest BCUT2D eigenvalue weighted by Gasteiger charge is -2.37. The highest BCUT2D eigenvalue weighted by Crippen LogP contribution is 2.34. The van der Waals surface area contributed by atoms with Gasteiger partial charge in [0.05, 0.1) is 6.61 Å². The van der Waals surface area contributed by atoms with E-state index in [-0.39, 0.29) is 5.41 Å². The van der Waals surface area contributed by atoms with Gasteiger partial charge in [0.2, 0.25) is 0 Å². The number of rotatable bonds is 6. The minimum absolute atomic E-state index is 0.214. The van der Waals surface area contributed by atoms with Crippen LogP contribution in [0.1, 0.15) is 25.3 Å². The van der Waals surface area contributed by atoms with Crippen LogP contribution in [0.3, 0.4) is 0 Å². The van der Waals surface area contributed by atoms with Gasteiger partial charge in [0.1, 0.15) is 5.75 Å². The lowest BCUT2D eigenvalue weighted by atomic mass is 9.74. The summed E-state index contributed by atoms with van der Waals surface area (Å²) in [6, 6.07) is 17.0. The number of anilines is 1. The molecule has 1 aliphatic heterocycles. The number of carbonyl (C=O) groups is 2. The van der Waals surface area contributed by atoms with Gasteiger partial charge in [-0.15, -0.1) is 0 Å². The van der Waals surface area contributed by atoms with E-state index in [1.165, 1.54) is 0 Å². The molecule has 1 fully saturated rings. The van der Waals surface area contributed by atoms with Crippen molar-refractivity contribution in [2.24, 2.45) is 0 Å². The lowest BCUT2D eigenvalue weighted by molar-refractivity contribution is -0.136. The van der Waals surface area contributed by atoms with Crippen molar-refractivity contribution in [2.45, 2.75) is 25.2 Å². The van der Waals surface area contributed by atoms with Gasteiger partial charge in [-0.2, -0.15) is 0 Å². The Kier molecular flexibility index (Phi) is 6.66. The van der Waals surface area contributed by atoms with Crippen LogP contribution in [-0.4, -0.2) is 38.2 Å². The van der Waals surface area contributed by atoms with Crippen LogP contribution in [0, 0.1) is 0 Å². The van der Waals surface area contributed by atoms with Crippen molar-refractivity contribution in [1.82, 2.24) is 5.32 Å². The van der Waals surface area contributed by atoms with E-state index in [0.717, 1.165) is 18.4 Å². The van der Waals surface area contributed by atoms with Gasteiger partial charge in [-0.25, -0.2) is 0 Å². The van der Waals surface area contributed by atoms with Gasteiger partial charge in [-0.1, -0.05) is 30.3 Å². The molecular formula is C22H26N2O4. The molecule has 3 rings (SSSR count). The van der Waals surface area contributed by atoms with E-state index >= 15 is 0 Å². The maximum atomic E-state index is 12.4. The molecule has 28 heavy (non-hydrogen) atoms. The third-order valence-electron chi connectivity index (χ3n) is 5.05. The van der Waals surface area contributed by atoms with Gasteiger partial charge in [-0.05, 0) is 49.6 Å². The van der Waals surface area contributed by atoms with Gasteiger partial charge < -0.3 is 20.1 Å². The minimum atomic E-state index is -0.681. The molecule has 148 valence electrons. The molecule has 2 N–H and O–H groups in total. The van der Waals surface area contributed by atoms with E-state index in [2.05, 4.69) is 22.8 Å². The third kappa shape index (κ3) is 4.89. The largest absolute Gasteiger partial charge is 0.494 e. The predicted molar refractivity (Wildman–Crippen MR) is 107 cm³/mol. The van der Waals surface area contributed by atoms with E-state index in [0.29, 0.717) is 37.8 Å². The number of nitrogens with one attached hydrogen (secondary N) is 2. The summed E-state index contributed by atoms with van der Waals surface area (Å²) in [6.45, 7) is 4.16. The molecule has 6 heteroatoms. The fraction of sp³-hybridized carbons (Fsp3) is 0.364. The highest BCUT2D eigenvalue weighted by Gasteiger charge is 2.35. The van der Waals surface area contributed by atoms with Crippen LogP contribution in [0.2, 0.25) is 0 Å². The Balaban J connectivity index is 1.60. The molecule has 0 aromatic heterocycles. The van der Waals surface area contributed by atoms with Crippen LogP contribution in [0.5, 0.6) is 5.75 Å². The quantitative estimate of drug-likeness (QED) is 0.753. The van der Waals surface area contributed by atoms with Crippen molar-refractivity contribution in [2.75, 3.05) is 31.7 Å². The second-order valence-corrected chi connectivity index (χ2v) is 6.85. The van der Waals surface area contributed by atoms with E-state index in [4.69, 9.17) is 9.47 Å². The number of amides is 2. The maximum Gasteiger partial charge on any atom is 0.313 e. The average molecular weight is 382 g/mol. The normalized spacial score (nSPS) is 15.5. The molecular weight excluding hydrogens is 356 g/mol. The van der Waals surface area contributed by atoms with Crippen LogP contribution >= 0.6 is 0 Å². The monoisotopic (exact) mass is 382 g/mol. The van der Waals surface area contributed by atoms with Crippen molar-refractivity contribution < 1.29 is 19.1 Å². The fourth-order valence-electron chi connectivity index (χ4n) is 3.44. The molecule has 2 amide bonds. The van der Waals surface area contributed by atoms with Crippen molar-refractivity contribution in [3.05, 3.63) is 60.2 Å². The second kappa shape index (κ2) is 9.37. The summed E-state index contributed by atoms with van der Waals surface area (Å²) >= 11 is 0. The Morgan fingerprint density at radius 3 is 2.32 bits per heavy atom. The molecule has 1 aliphatic rings. The summed E-state index contributed by atoms with van der Waals surface area (Å²) in [5.41, 5.74) is 1.49. The zero-order valence-corrected chi connectivity index (χ0v) is 16.1. The van der Waals surface area contributed by atoms with E-state index in [1.54, 1.807) is 24.3 Å². The van der Waals surface area contributed by atoms with E-state index < -0.39 is 11.8 Å². The van der Waals surface area contributed by atoms with E-state index in [9.17, 15) is 9.59 Å². The minimum Gasteiger partial charge on any atom is -0.494 e. The summed E-state index contributed by atoms with van der Waals surface area (Å²) < 4.78 is 10.9. The molecule has 6 nitrogen and oxygen atoms in total. The topological polar surface area (TPSA) is 76.7 Å². The molecule has 0 radical (unpaired) electrons. The molecule has 0 atom stereocenters. The van der Waals surface area contributed by atoms with Gasteiger partial charge in [0, 0.05) is 30.9 Å². The summed E-state index contributed by atoms with van der Waals surface area (Å²) in [7, 11) is 0.